The van der Waals surface area contributed by atoms with Gasteiger partial charge in [0.05, 0.1) is 11.4 Å². The summed E-state index contributed by atoms with van der Waals surface area (Å²) in [5, 5.41) is 3.43. The summed E-state index contributed by atoms with van der Waals surface area (Å²) in [6, 6.07) is 3.74. The van der Waals surface area contributed by atoms with Gasteiger partial charge >= 0.3 is 0 Å². The standard InChI is InChI=1S/C8H5ClINO/c9-5-3-7-4(1-6(5)10)2-8(12)11-7/h1,3H,2H2,(H,11,12). The monoisotopic (exact) mass is 293 g/mol. The van der Waals surface area contributed by atoms with Crippen LogP contribution in [0.4, 0.5) is 5.69 Å². The molecule has 0 radical (unpaired) electrons. The molecule has 1 amide bonds. The van der Waals surface area contributed by atoms with Crippen molar-refractivity contribution in [1.29, 1.82) is 0 Å². The Hall–Kier alpha value is -0.290. The number of fused-ring (bicyclic) bond motifs is 1. The van der Waals surface area contributed by atoms with Crippen LogP contribution in [0.2, 0.25) is 5.02 Å². The maximum atomic E-state index is 11.0. The minimum Gasteiger partial charge on any atom is -0.325 e. The third-order valence-electron chi connectivity index (χ3n) is 1.77. The lowest BCUT2D eigenvalue weighted by Gasteiger charge is -2.00. The van der Waals surface area contributed by atoms with Gasteiger partial charge in [0, 0.05) is 9.26 Å². The van der Waals surface area contributed by atoms with Gasteiger partial charge in [-0.05, 0) is 40.3 Å². The molecule has 0 saturated carbocycles. The first-order valence-electron chi connectivity index (χ1n) is 3.44. The Kier molecular flexibility index (Phi) is 2.00. The average Bonchev–Trinajstić information content (AvgIpc) is 2.30. The minimum atomic E-state index is 0.0445. The molecule has 0 fully saturated rings. The number of nitrogens with one attached hydrogen (secondary N) is 1. The largest absolute Gasteiger partial charge is 0.325 e. The van der Waals surface area contributed by atoms with Gasteiger partial charge in [-0.25, -0.2) is 0 Å². The summed E-state index contributed by atoms with van der Waals surface area (Å²) in [5.74, 6) is 0.0445. The van der Waals surface area contributed by atoms with Gasteiger partial charge in [-0.3, -0.25) is 4.79 Å². The lowest BCUT2D eigenvalue weighted by molar-refractivity contribution is -0.115. The van der Waals surface area contributed by atoms with Gasteiger partial charge in [0.2, 0.25) is 5.91 Å². The van der Waals surface area contributed by atoms with Crippen LogP contribution in [0.1, 0.15) is 5.56 Å². The summed E-state index contributed by atoms with van der Waals surface area (Å²) < 4.78 is 0.990. The third-order valence-corrected chi connectivity index (χ3v) is 3.30. The Balaban J connectivity index is 2.55. The fourth-order valence-electron chi connectivity index (χ4n) is 1.22. The van der Waals surface area contributed by atoms with Gasteiger partial charge in [-0.2, -0.15) is 0 Å². The highest BCUT2D eigenvalue weighted by Crippen LogP contribution is 2.30. The molecule has 0 spiro atoms. The molecule has 0 atom stereocenters. The van der Waals surface area contributed by atoms with E-state index in [0.717, 1.165) is 14.8 Å². The first kappa shape index (κ1) is 8.31. The zero-order chi connectivity index (χ0) is 8.72. The lowest BCUT2D eigenvalue weighted by atomic mass is 10.2. The molecule has 1 aromatic carbocycles. The predicted octanol–water partition coefficient (Wildman–Crippen LogP) is 2.44. The highest BCUT2D eigenvalue weighted by atomic mass is 127. The van der Waals surface area contributed by atoms with E-state index in [2.05, 4.69) is 27.9 Å². The van der Waals surface area contributed by atoms with Gasteiger partial charge in [0.15, 0.2) is 0 Å². The zero-order valence-corrected chi connectivity index (χ0v) is 8.94. The SMILES string of the molecule is O=C1Cc2cc(I)c(Cl)cc2N1. The van der Waals surface area contributed by atoms with Crippen molar-refractivity contribution >= 4 is 45.8 Å². The third kappa shape index (κ3) is 1.31. The summed E-state index contributed by atoms with van der Waals surface area (Å²) in [6.45, 7) is 0. The van der Waals surface area contributed by atoms with Crippen molar-refractivity contribution in [2.24, 2.45) is 0 Å². The highest BCUT2D eigenvalue weighted by Gasteiger charge is 2.18. The molecule has 0 bridgehead atoms. The topological polar surface area (TPSA) is 29.1 Å². The van der Waals surface area contributed by atoms with E-state index in [1.54, 1.807) is 6.07 Å². The van der Waals surface area contributed by atoms with Crippen LogP contribution in [-0.2, 0) is 11.2 Å². The quantitative estimate of drug-likeness (QED) is 0.731. The zero-order valence-electron chi connectivity index (χ0n) is 6.03. The van der Waals surface area contributed by atoms with E-state index in [0.29, 0.717) is 11.4 Å². The normalized spacial score (nSPS) is 14.3. The summed E-state index contributed by atoms with van der Waals surface area (Å²) in [5.41, 5.74) is 1.89. The van der Waals surface area contributed by atoms with Gasteiger partial charge in [-0.15, -0.1) is 0 Å². The van der Waals surface area contributed by atoms with Crippen LogP contribution in [-0.4, -0.2) is 5.91 Å². The van der Waals surface area contributed by atoms with Crippen LogP contribution < -0.4 is 5.32 Å². The van der Waals surface area contributed by atoms with E-state index in [-0.39, 0.29) is 5.91 Å². The van der Waals surface area contributed by atoms with Crippen LogP contribution in [0, 0.1) is 3.57 Å². The summed E-state index contributed by atoms with van der Waals surface area (Å²) in [7, 11) is 0. The maximum absolute atomic E-state index is 11.0. The molecule has 62 valence electrons. The Bertz CT molecular complexity index is 331. The predicted molar refractivity (Wildman–Crippen MR) is 56.5 cm³/mol. The fourth-order valence-corrected chi connectivity index (χ4v) is 1.91. The number of anilines is 1. The molecular weight excluding hydrogens is 288 g/mol. The van der Waals surface area contributed by atoms with Gasteiger partial charge in [-0.1, -0.05) is 11.6 Å². The van der Waals surface area contributed by atoms with Crippen molar-refractivity contribution in [2.45, 2.75) is 6.42 Å². The molecule has 1 heterocycles. The second-order valence-corrected chi connectivity index (χ2v) is 4.22. The van der Waals surface area contributed by atoms with Crippen molar-refractivity contribution < 1.29 is 4.79 Å². The number of carbonyl (C=O) groups is 1. The van der Waals surface area contributed by atoms with Gasteiger partial charge in [0.25, 0.3) is 0 Å². The van der Waals surface area contributed by atoms with Crippen LogP contribution in [0.15, 0.2) is 12.1 Å². The number of carbonyl (C=O) groups excluding carboxylic acids is 1. The molecule has 12 heavy (non-hydrogen) atoms. The molecule has 0 aliphatic carbocycles. The summed E-state index contributed by atoms with van der Waals surface area (Å²) in [6.07, 6.45) is 0.475. The molecule has 1 aliphatic rings. The van der Waals surface area contributed by atoms with E-state index in [4.69, 9.17) is 11.6 Å². The molecule has 1 aliphatic heterocycles. The Morgan fingerprint density at radius 3 is 3.00 bits per heavy atom. The molecule has 1 aromatic rings. The van der Waals surface area contributed by atoms with Crippen LogP contribution in [0.25, 0.3) is 0 Å². The molecular formula is C8H5ClINO. The van der Waals surface area contributed by atoms with E-state index in [1.165, 1.54) is 0 Å². The Morgan fingerprint density at radius 1 is 1.50 bits per heavy atom. The average molecular weight is 293 g/mol. The van der Waals surface area contributed by atoms with E-state index in [9.17, 15) is 4.79 Å². The molecule has 1 N–H and O–H groups in total. The van der Waals surface area contributed by atoms with Gasteiger partial charge in [0.1, 0.15) is 0 Å². The molecule has 0 unspecified atom stereocenters. The molecule has 2 nitrogen and oxygen atoms in total. The maximum Gasteiger partial charge on any atom is 0.228 e. The van der Waals surface area contributed by atoms with Crippen molar-refractivity contribution in [3.05, 3.63) is 26.3 Å². The van der Waals surface area contributed by atoms with E-state index < -0.39 is 0 Å². The number of rotatable bonds is 0. The summed E-state index contributed by atoms with van der Waals surface area (Å²) >= 11 is 8.04. The van der Waals surface area contributed by atoms with Crippen molar-refractivity contribution in [2.75, 3.05) is 5.32 Å². The summed E-state index contributed by atoms with van der Waals surface area (Å²) in [4.78, 5) is 11.0. The van der Waals surface area contributed by atoms with Crippen molar-refractivity contribution in [1.82, 2.24) is 0 Å². The van der Waals surface area contributed by atoms with Crippen LogP contribution in [0.3, 0.4) is 0 Å². The smallest absolute Gasteiger partial charge is 0.228 e. The van der Waals surface area contributed by atoms with Crippen molar-refractivity contribution in [3.63, 3.8) is 0 Å². The second-order valence-electron chi connectivity index (χ2n) is 2.65. The Labute approximate surface area is 88.4 Å². The molecule has 0 aromatic heterocycles. The highest BCUT2D eigenvalue weighted by molar-refractivity contribution is 14.1. The lowest BCUT2D eigenvalue weighted by Crippen LogP contribution is -2.03. The minimum absolute atomic E-state index is 0.0445. The van der Waals surface area contributed by atoms with Crippen molar-refractivity contribution in [3.8, 4) is 0 Å². The second kappa shape index (κ2) is 2.88. The number of hydrogen-bond acceptors (Lipinski definition) is 1. The fraction of sp³-hybridized carbons (Fsp3) is 0.125. The Morgan fingerprint density at radius 2 is 2.25 bits per heavy atom. The van der Waals surface area contributed by atoms with Crippen LogP contribution in [0.5, 0.6) is 0 Å². The first-order chi connectivity index (χ1) is 5.66. The number of halogens is 2. The van der Waals surface area contributed by atoms with E-state index in [1.807, 2.05) is 6.07 Å². The molecule has 2 rings (SSSR count). The van der Waals surface area contributed by atoms with E-state index >= 15 is 0 Å². The molecule has 0 saturated heterocycles. The first-order valence-corrected chi connectivity index (χ1v) is 4.90. The number of benzene rings is 1. The molecule has 4 heteroatoms. The van der Waals surface area contributed by atoms with Crippen LogP contribution >= 0.6 is 34.2 Å². The number of amides is 1. The number of hydrogen-bond donors (Lipinski definition) is 1. The van der Waals surface area contributed by atoms with Gasteiger partial charge < -0.3 is 5.32 Å².